The molecule has 1 saturated heterocycles. The number of rotatable bonds is 7. The fourth-order valence-corrected chi connectivity index (χ4v) is 4.28. The molecule has 2 N–H and O–H groups in total. The second-order valence-corrected chi connectivity index (χ2v) is 8.91. The van der Waals surface area contributed by atoms with Crippen LogP contribution in [0.3, 0.4) is 0 Å². The van der Waals surface area contributed by atoms with Gasteiger partial charge in [0.1, 0.15) is 0 Å². The topological polar surface area (TPSA) is 87.7 Å². The van der Waals surface area contributed by atoms with Crippen LogP contribution in [0.25, 0.3) is 0 Å². The van der Waals surface area contributed by atoms with Gasteiger partial charge < -0.3 is 10.1 Å². The third-order valence-corrected chi connectivity index (χ3v) is 6.32. The number of morpholine rings is 1. The Kier molecular flexibility index (Phi) is 7.13. The monoisotopic (exact) mass is 437 g/mol. The lowest BCUT2D eigenvalue weighted by molar-refractivity contribution is 0.0383. The summed E-state index contributed by atoms with van der Waals surface area (Å²) in [6.07, 6.45) is 0. The van der Waals surface area contributed by atoms with Crippen molar-refractivity contribution in [3.63, 3.8) is 0 Å². The van der Waals surface area contributed by atoms with Crippen LogP contribution in [0, 0.1) is 6.92 Å². The van der Waals surface area contributed by atoms with E-state index in [4.69, 9.17) is 16.3 Å². The van der Waals surface area contributed by atoms with E-state index in [9.17, 15) is 13.2 Å². The predicted octanol–water partition coefficient (Wildman–Crippen LogP) is 2.51. The van der Waals surface area contributed by atoms with E-state index in [0.29, 0.717) is 25.3 Å². The Bertz CT molecular complexity index is 958. The molecule has 1 heterocycles. The number of hydrogen-bond donors (Lipinski definition) is 2. The predicted molar refractivity (Wildman–Crippen MR) is 113 cm³/mol. The van der Waals surface area contributed by atoms with Gasteiger partial charge in [0.25, 0.3) is 15.9 Å². The largest absolute Gasteiger partial charge is 0.379 e. The van der Waals surface area contributed by atoms with E-state index in [1.54, 1.807) is 18.2 Å². The number of carbonyl (C=O) groups is 1. The average Bonchev–Trinajstić information content (AvgIpc) is 2.70. The molecular weight excluding hydrogens is 414 g/mol. The molecule has 2 aromatic rings. The van der Waals surface area contributed by atoms with Gasteiger partial charge >= 0.3 is 0 Å². The number of ether oxygens (including phenoxy) is 1. The lowest BCUT2D eigenvalue weighted by Gasteiger charge is -2.26. The molecule has 0 saturated carbocycles. The molecule has 0 bridgehead atoms. The first kappa shape index (κ1) is 21.6. The van der Waals surface area contributed by atoms with E-state index in [-0.39, 0.29) is 21.5 Å². The third-order valence-electron chi connectivity index (χ3n) is 4.62. The maximum absolute atomic E-state index is 12.5. The third kappa shape index (κ3) is 5.93. The molecule has 2 aromatic carbocycles. The van der Waals surface area contributed by atoms with Gasteiger partial charge in [-0.15, -0.1) is 0 Å². The van der Waals surface area contributed by atoms with Gasteiger partial charge in [0, 0.05) is 31.7 Å². The normalized spacial score (nSPS) is 15.1. The number of aryl methyl sites for hydroxylation is 1. The maximum Gasteiger partial charge on any atom is 0.261 e. The molecule has 0 spiro atoms. The van der Waals surface area contributed by atoms with E-state index in [0.717, 1.165) is 25.2 Å². The van der Waals surface area contributed by atoms with Gasteiger partial charge in [0.15, 0.2) is 0 Å². The van der Waals surface area contributed by atoms with Crippen LogP contribution in [0.5, 0.6) is 0 Å². The number of amides is 1. The minimum absolute atomic E-state index is 0.143. The molecule has 0 unspecified atom stereocenters. The van der Waals surface area contributed by atoms with Gasteiger partial charge in [0.2, 0.25) is 0 Å². The second-order valence-electron chi connectivity index (χ2n) is 6.82. The molecule has 1 amide bonds. The van der Waals surface area contributed by atoms with Gasteiger partial charge in [-0.2, -0.15) is 0 Å². The summed E-state index contributed by atoms with van der Waals surface area (Å²) < 4.78 is 32.8. The summed E-state index contributed by atoms with van der Waals surface area (Å²) in [6, 6.07) is 11.0. The molecule has 1 aliphatic rings. The average molecular weight is 438 g/mol. The van der Waals surface area contributed by atoms with Crippen molar-refractivity contribution in [2.24, 2.45) is 0 Å². The summed E-state index contributed by atoms with van der Waals surface area (Å²) >= 11 is 6.22. The van der Waals surface area contributed by atoms with Crippen LogP contribution in [0.1, 0.15) is 15.9 Å². The minimum Gasteiger partial charge on any atom is -0.379 e. The van der Waals surface area contributed by atoms with Crippen molar-refractivity contribution in [2.75, 3.05) is 44.1 Å². The zero-order valence-electron chi connectivity index (χ0n) is 16.2. The van der Waals surface area contributed by atoms with Crippen LogP contribution in [-0.2, 0) is 14.8 Å². The molecule has 29 heavy (non-hydrogen) atoms. The number of anilines is 1. The van der Waals surface area contributed by atoms with E-state index >= 15 is 0 Å². The van der Waals surface area contributed by atoms with E-state index in [1.807, 2.05) is 6.92 Å². The molecule has 1 aliphatic heterocycles. The van der Waals surface area contributed by atoms with Crippen molar-refractivity contribution in [3.05, 3.63) is 58.6 Å². The van der Waals surface area contributed by atoms with Crippen molar-refractivity contribution in [2.45, 2.75) is 11.8 Å². The Morgan fingerprint density at radius 1 is 1.14 bits per heavy atom. The van der Waals surface area contributed by atoms with E-state index in [2.05, 4.69) is 14.9 Å². The molecule has 1 fully saturated rings. The highest BCUT2D eigenvalue weighted by Crippen LogP contribution is 2.26. The lowest BCUT2D eigenvalue weighted by atomic mass is 10.2. The van der Waals surface area contributed by atoms with Gasteiger partial charge in [-0.05, 0) is 37.3 Å². The smallest absolute Gasteiger partial charge is 0.261 e. The summed E-state index contributed by atoms with van der Waals surface area (Å²) in [4.78, 5) is 14.7. The quantitative estimate of drug-likeness (QED) is 0.694. The molecule has 3 rings (SSSR count). The number of nitrogens with zero attached hydrogens (tertiary/aromatic N) is 1. The molecule has 0 atom stereocenters. The minimum atomic E-state index is -3.76. The number of hydrogen-bond acceptors (Lipinski definition) is 5. The molecule has 9 heteroatoms. The Morgan fingerprint density at radius 3 is 2.48 bits per heavy atom. The van der Waals surface area contributed by atoms with Crippen LogP contribution < -0.4 is 10.0 Å². The Balaban J connectivity index is 1.60. The molecule has 0 aromatic heterocycles. The maximum atomic E-state index is 12.5. The summed E-state index contributed by atoms with van der Waals surface area (Å²) in [7, 11) is -3.76. The van der Waals surface area contributed by atoms with Crippen molar-refractivity contribution in [3.8, 4) is 0 Å². The van der Waals surface area contributed by atoms with Crippen LogP contribution >= 0.6 is 11.6 Å². The Morgan fingerprint density at radius 2 is 1.83 bits per heavy atom. The lowest BCUT2D eigenvalue weighted by Crippen LogP contribution is -2.41. The summed E-state index contributed by atoms with van der Waals surface area (Å²) in [5.41, 5.74) is 1.55. The first-order valence-corrected chi connectivity index (χ1v) is 11.2. The number of benzene rings is 2. The van der Waals surface area contributed by atoms with Crippen molar-refractivity contribution in [1.29, 1.82) is 0 Å². The highest BCUT2D eigenvalue weighted by molar-refractivity contribution is 7.92. The van der Waals surface area contributed by atoms with Gasteiger partial charge in [-0.25, -0.2) is 8.42 Å². The van der Waals surface area contributed by atoms with Crippen LogP contribution in [0.2, 0.25) is 5.02 Å². The second kappa shape index (κ2) is 9.58. The standard InChI is InChI=1S/C20H24ClN3O4S/c1-15-2-5-17(6-3-15)29(26,27)23-19-7-4-16(14-18(19)21)20(25)22-8-9-24-10-12-28-13-11-24/h2-7,14,23H,8-13H2,1H3,(H,22,25). The first-order chi connectivity index (χ1) is 13.8. The van der Waals surface area contributed by atoms with Gasteiger partial charge in [-0.3, -0.25) is 14.4 Å². The van der Waals surface area contributed by atoms with Crippen LogP contribution in [-0.4, -0.2) is 58.6 Å². The summed E-state index contributed by atoms with van der Waals surface area (Å²) in [5, 5.41) is 3.01. The molecule has 156 valence electrons. The molecule has 0 radical (unpaired) electrons. The summed E-state index contributed by atoms with van der Waals surface area (Å²) in [6.45, 7) is 6.28. The Hall–Kier alpha value is -2.13. The molecular formula is C20H24ClN3O4S. The number of carbonyl (C=O) groups excluding carboxylic acids is 1. The van der Waals surface area contributed by atoms with Crippen LogP contribution in [0.4, 0.5) is 5.69 Å². The van der Waals surface area contributed by atoms with Crippen LogP contribution in [0.15, 0.2) is 47.4 Å². The van der Waals surface area contributed by atoms with Gasteiger partial charge in [-0.1, -0.05) is 29.3 Å². The van der Waals surface area contributed by atoms with Crippen molar-refractivity contribution >= 4 is 33.2 Å². The zero-order chi connectivity index (χ0) is 20.9. The molecule has 7 nitrogen and oxygen atoms in total. The van der Waals surface area contributed by atoms with Crippen molar-refractivity contribution in [1.82, 2.24) is 10.2 Å². The molecule has 0 aliphatic carbocycles. The van der Waals surface area contributed by atoms with E-state index in [1.165, 1.54) is 24.3 Å². The Labute approximate surface area is 176 Å². The number of nitrogens with one attached hydrogen (secondary N) is 2. The highest BCUT2D eigenvalue weighted by Gasteiger charge is 2.17. The highest BCUT2D eigenvalue weighted by atomic mass is 35.5. The van der Waals surface area contributed by atoms with E-state index < -0.39 is 10.0 Å². The first-order valence-electron chi connectivity index (χ1n) is 9.32. The fourth-order valence-electron chi connectivity index (χ4n) is 2.91. The number of halogens is 1. The van der Waals surface area contributed by atoms with Crippen molar-refractivity contribution < 1.29 is 17.9 Å². The van der Waals surface area contributed by atoms with Gasteiger partial charge in [0.05, 0.1) is 28.8 Å². The number of sulfonamides is 1. The summed E-state index contributed by atoms with van der Waals surface area (Å²) in [5.74, 6) is -0.256. The zero-order valence-corrected chi connectivity index (χ0v) is 17.7. The fraction of sp³-hybridized carbons (Fsp3) is 0.350. The SMILES string of the molecule is Cc1ccc(S(=O)(=O)Nc2ccc(C(=O)NCCN3CCOCC3)cc2Cl)cc1.